The second-order valence-electron chi connectivity index (χ2n) is 5.13. The highest BCUT2D eigenvalue weighted by atomic mass is 15.3. The zero-order chi connectivity index (χ0) is 10.8. The molecular weight excluding hydrogens is 186 g/mol. The SMILES string of the molecule is CC1CN(CC2C=CC(N)C2)CCN1C. The van der Waals surface area contributed by atoms with E-state index in [-0.39, 0.29) is 0 Å². The first-order valence-corrected chi connectivity index (χ1v) is 6.01. The Morgan fingerprint density at radius 2 is 2.13 bits per heavy atom. The van der Waals surface area contributed by atoms with Crippen LogP contribution in [0.15, 0.2) is 12.2 Å². The van der Waals surface area contributed by atoms with E-state index in [4.69, 9.17) is 5.73 Å². The standard InChI is InChI=1S/C12H23N3/c1-10-8-15(6-5-14(10)2)9-11-3-4-12(13)7-11/h3-4,10-12H,5-9,13H2,1-2H3. The molecule has 0 spiro atoms. The van der Waals surface area contributed by atoms with Crippen molar-refractivity contribution in [1.82, 2.24) is 9.80 Å². The van der Waals surface area contributed by atoms with Crippen LogP contribution in [-0.2, 0) is 0 Å². The third-order valence-electron chi connectivity index (χ3n) is 3.74. The summed E-state index contributed by atoms with van der Waals surface area (Å²) in [4.78, 5) is 5.02. The van der Waals surface area contributed by atoms with E-state index in [2.05, 4.69) is 35.9 Å². The van der Waals surface area contributed by atoms with Gasteiger partial charge in [0.15, 0.2) is 0 Å². The number of hydrogen-bond acceptors (Lipinski definition) is 3. The van der Waals surface area contributed by atoms with Crippen LogP contribution in [0.4, 0.5) is 0 Å². The van der Waals surface area contributed by atoms with Gasteiger partial charge >= 0.3 is 0 Å². The van der Waals surface area contributed by atoms with Crippen molar-refractivity contribution >= 4 is 0 Å². The Morgan fingerprint density at radius 3 is 2.73 bits per heavy atom. The van der Waals surface area contributed by atoms with Gasteiger partial charge in [-0.3, -0.25) is 4.90 Å². The van der Waals surface area contributed by atoms with Gasteiger partial charge in [0.2, 0.25) is 0 Å². The van der Waals surface area contributed by atoms with Gasteiger partial charge in [0, 0.05) is 38.3 Å². The smallest absolute Gasteiger partial charge is 0.0229 e. The van der Waals surface area contributed by atoms with Crippen LogP contribution in [0.25, 0.3) is 0 Å². The molecule has 1 heterocycles. The Labute approximate surface area is 92.9 Å². The van der Waals surface area contributed by atoms with Crippen molar-refractivity contribution < 1.29 is 0 Å². The van der Waals surface area contributed by atoms with Gasteiger partial charge in [0.05, 0.1) is 0 Å². The largest absolute Gasteiger partial charge is 0.324 e. The minimum absolute atomic E-state index is 0.305. The van der Waals surface area contributed by atoms with E-state index in [9.17, 15) is 0 Å². The fourth-order valence-corrected chi connectivity index (χ4v) is 2.56. The lowest BCUT2D eigenvalue weighted by atomic mass is 10.1. The summed E-state index contributed by atoms with van der Waals surface area (Å²) in [5.74, 6) is 0.690. The van der Waals surface area contributed by atoms with Gasteiger partial charge in [0.1, 0.15) is 0 Å². The number of likely N-dealkylation sites (N-methyl/N-ethyl adjacent to an activating group) is 1. The first kappa shape index (κ1) is 11.1. The van der Waals surface area contributed by atoms with Crippen LogP contribution in [-0.4, -0.2) is 55.1 Å². The lowest BCUT2D eigenvalue weighted by Crippen LogP contribution is -2.51. The molecular formula is C12H23N3. The van der Waals surface area contributed by atoms with Crippen LogP contribution < -0.4 is 5.73 Å². The topological polar surface area (TPSA) is 32.5 Å². The highest BCUT2D eigenvalue weighted by Gasteiger charge is 2.24. The molecule has 3 heteroatoms. The second-order valence-corrected chi connectivity index (χ2v) is 5.13. The van der Waals surface area contributed by atoms with Crippen molar-refractivity contribution in [2.45, 2.75) is 25.4 Å². The van der Waals surface area contributed by atoms with E-state index in [0.717, 1.165) is 6.42 Å². The van der Waals surface area contributed by atoms with E-state index >= 15 is 0 Å². The molecule has 3 nitrogen and oxygen atoms in total. The van der Waals surface area contributed by atoms with Crippen molar-refractivity contribution in [2.24, 2.45) is 11.7 Å². The van der Waals surface area contributed by atoms with Gasteiger partial charge in [-0.2, -0.15) is 0 Å². The fourth-order valence-electron chi connectivity index (χ4n) is 2.56. The van der Waals surface area contributed by atoms with Crippen molar-refractivity contribution in [1.29, 1.82) is 0 Å². The molecule has 3 unspecified atom stereocenters. The summed E-state index contributed by atoms with van der Waals surface area (Å²) in [6.07, 6.45) is 5.60. The van der Waals surface area contributed by atoms with Crippen LogP contribution in [0, 0.1) is 5.92 Å². The Bertz CT molecular complexity index is 239. The average Bonchev–Trinajstić information content (AvgIpc) is 2.58. The van der Waals surface area contributed by atoms with E-state index in [1.807, 2.05) is 0 Å². The van der Waals surface area contributed by atoms with E-state index < -0.39 is 0 Å². The minimum Gasteiger partial charge on any atom is -0.324 e. The molecule has 1 aliphatic carbocycles. The number of hydrogen-bond donors (Lipinski definition) is 1. The number of rotatable bonds is 2. The molecule has 0 saturated carbocycles. The van der Waals surface area contributed by atoms with Crippen LogP contribution >= 0.6 is 0 Å². The molecule has 3 atom stereocenters. The maximum absolute atomic E-state index is 5.87. The quantitative estimate of drug-likeness (QED) is 0.673. The summed E-state index contributed by atoms with van der Waals surface area (Å²) in [7, 11) is 2.22. The molecule has 1 fully saturated rings. The fraction of sp³-hybridized carbons (Fsp3) is 0.833. The van der Waals surface area contributed by atoms with Gasteiger partial charge in [-0.15, -0.1) is 0 Å². The molecule has 0 bridgehead atoms. The first-order valence-electron chi connectivity index (χ1n) is 6.01. The van der Waals surface area contributed by atoms with Gasteiger partial charge < -0.3 is 10.6 Å². The molecule has 2 aliphatic rings. The Kier molecular flexibility index (Phi) is 3.44. The van der Waals surface area contributed by atoms with Gasteiger partial charge in [0.25, 0.3) is 0 Å². The molecule has 0 aromatic rings. The molecule has 15 heavy (non-hydrogen) atoms. The van der Waals surface area contributed by atoms with Gasteiger partial charge in [-0.1, -0.05) is 12.2 Å². The lowest BCUT2D eigenvalue weighted by Gasteiger charge is -2.38. The molecule has 86 valence electrons. The molecule has 0 aromatic carbocycles. The number of nitrogens with two attached hydrogens (primary N) is 1. The Morgan fingerprint density at radius 1 is 1.33 bits per heavy atom. The number of nitrogens with zero attached hydrogens (tertiary/aromatic N) is 2. The maximum Gasteiger partial charge on any atom is 0.0229 e. The van der Waals surface area contributed by atoms with E-state index in [0.29, 0.717) is 18.0 Å². The maximum atomic E-state index is 5.87. The van der Waals surface area contributed by atoms with Crippen molar-refractivity contribution in [2.75, 3.05) is 33.2 Å². The summed E-state index contributed by atoms with van der Waals surface area (Å²) in [6, 6.07) is 0.998. The van der Waals surface area contributed by atoms with Gasteiger partial charge in [-0.05, 0) is 26.3 Å². The van der Waals surface area contributed by atoms with E-state index in [1.165, 1.54) is 26.2 Å². The summed E-state index contributed by atoms with van der Waals surface area (Å²) < 4.78 is 0. The van der Waals surface area contributed by atoms with Crippen molar-refractivity contribution in [3.8, 4) is 0 Å². The molecule has 1 saturated heterocycles. The van der Waals surface area contributed by atoms with Crippen molar-refractivity contribution in [3.63, 3.8) is 0 Å². The molecule has 0 amide bonds. The predicted molar refractivity (Wildman–Crippen MR) is 63.8 cm³/mol. The monoisotopic (exact) mass is 209 g/mol. The van der Waals surface area contributed by atoms with Crippen LogP contribution in [0.5, 0.6) is 0 Å². The zero-order valence-corrected chi connectivity index (χ0v) is 9.89. The van der Waals surface area contributed by atoms with Crippen LogP contribution in [0.1, 0.15) is 13.3 Å². The third kappa shape index (κ3) is 2.80. The summed E-state index contributed by atoms with van der Waals surface area (Å²) in [5, 5.41) is 0. The highest BCUT2D eigenvalue weighted by Crippen LogP contribution is 2.19. The first-order chi connectivity index (χ1) is 7.15. The van der Waals surface area contributed by atoms with Crippen molar-refractivity contribution in [3.05, 3.63) is 12.2 Å². The molecule has 2 N–H and O–H groups in total. The molecule has 0 radical (unpaired) electrons. The number of piperazine rings is 1. The average molecular weight is 209 g/mol. The van der Waals surface area contributed by atoms with Gasteiger partial charge in [-0.25, -0.2) is 0 Å². The summed E-state index contributed by atoms with van der Waals surface area (Å²) in [5.41, 5.74) is 5.87. The lowest BCUT2D eigenvalue weighted by molar-refractivity contribution is 0.0969. The Balaban J connectivity index is 1.78. The third-order valence-corrected chi connectivity index (χ3v) is 3.74. The molecule has 1 aliphatic heterocycles. The molecule has 2 rings (SSSR count). The second kappa shape index (κ2) is 4.64. The highest BCUT2D eigenvalue weighted by molar-refractivity contribution is 5.05. The van der Waals surface area contributed by atoms with Crippen LogP contribution in [0.2, 0.25) is 0 Å². The predicted octanol–water partition coefficient (Wildman–Crippen LogP) is 0.526. The summed E-state index contributed by atoms with van der Waals surface area (Å²) >= 11 is 0. The zero-order valence-electron chi connectivity index (χ0n) is 9.89. The minimum atomic E-state index is 0.305. The van der Waals surface area contributed by atoms with Crippen LogP contribution in [0.3, 0.4) is 0 Å². The molecule has 0 aromatic heterocycles. The summed E-state index contributed by atoms with van der Waals surface area (Å²) in [6.45, 7) is 7.12. The van der Waals surface area contributed by atoms with E-state index in [1.54, 1.807) is 0 Å². The Hall–Kier alpha value is -0.380. The normalized spacial score (nSPS) is 38.7.